The Morgan fingerprint density at radius 3 is 2.64 bits per heavy atom. The maximum absolute atomic E-state index is 13.9. The summed E-state index contributed by atoms with van der Waals surface area (Å²) in [6.07, 6.45) is -3.18. The number of anilines is 1. The van der Waals surface area contributed by atoms with Gasteiger partial charge in [0.1, 0.15) is 6.61 Å². The minimum Gasteiger partial charge on any atom is -0.492 e. The zero-order valence-electron chi connectivity index (χ0n) is 20.7. The quantitative estimate of drug-likeness (QED) is 0.486. The number of nitrogens with zero attached hydrogens (tertiary/aromatic N) is 5. The molecule has 0 unspecified atom stereocenters. The third kappa shape index (κ3) is 5.77. The molecule has 204 valence electrons. The topological polar surface area (TPSA) is 90.6 Å². The van der Waals surface area contributed by atoms with E-state index in [1.807, 2.05) is 4.90 Å². The van der Waals surface area contributed by atoms with Gasteiger partial charge in [-0.1, -0.05) is 35.1 Å². The Morgan fingerprint density at radius 2 is 1.92 bits per heavy atom. The van der Waals surface area contributed by atoms with Crippen LogP contribution in [-0.4, -0.2) is 67.0 Å². The lowest BCUT2D eigenvalue weighted by Crippen LogP contribution is -2.49. The average molecular weight is 578 g/mol. The Hall–Kier alpha value is -3.48. The molecule has 8 nitrogen and oxygen atoms in total. The van der Waals surface area contributed by atoms with Gasteiger partial charge in [-0.3, -0.25) is 4.79 Å². The number of amides is 1. The number of hydrogen-bond acceptors (Lipinski definition) is 8. The zero-order valence-corrected chi connectivity index (χ0v) is 22.3. The predicted molar refractivity (Wildman–Crippen MR) is 142 cm³/mol. The van der Waals surface area contributed by atoms with E-state index in [9.17, 15) is 23.1 Å². The Bertz CT molecular complexity index is 1570. The van der Waals surface area contributed by atoms with Gasteiger partial charge in [0.25, 0.3) is 0 Å². The van der Waals surface area contributed by atoms with Crippen molar-refractivity contribution in [2.45, 2.75) is 12.6 Å². The lowest BCUT2D eigenvalue weighted by atomic mass is 9.96. The molecule has 0 aliphatic carbocycles. The standard InChI is InChI=1S/C26H23ClF3N5O3S/c1-38-14-22(36)34-6-8-35(9-7-34)25-32-24(37)23(39-25)19(15-3-5-21-17(10-15)13-31-33-21)11-16-2-4-18(27)12-20(16)26(28,29)30/h2-5,10,12-13,37H,6-9,11,14H2,1H3. The van der Waals surface area contributed by atoms with Gasteiger partial charge >= 0.3 is 6.18 Å². The van der Waals surface area contributed by atoms with Crippen molar-refractivity contribution in [3.63, 3.8) is 0 Å². The summed E-state index contributed by atoms with van der Waals surface area (Å²) >= 11 is 7.10. The highest BCUT2D eigenvalue weighted by Crippen LogP contribution is 2.39. The molecular weight excluding hydrogens is 555 g/mol. The first-order valence-corrected chi connectivity index (χ1v) is 13.1. The summed E-state index contributed by atoms with van der Waals surface area (Å²) in [4.78, 5) is 20.5. The molecule has 5 rings (SSSR count). The number of aromatic hydroxyl groups is 1. The lowest BCUT2D eigenvalue weighted by Gasteiger charge is -2.34. The molecule has 0 radical (unpaired) electrons. The van der Waals surface area contributed by atoms with E-state index in [0.717, 1.165) is 11.6 Å². The van der Waals surface area contributed by atoms with Crippen LogP contribution >= 0.6 is 22.9 Å². The first kappa shape index (κ1) is 27.1. The van der Waals surface area contributed by atoms with Crippen molar-refractivity contribution < 1.29 is 27.8 Å². The number of piperazine rings is 1. The van der Waals surface area contributed by atoms with Gasteiger partial charge in [-0.15, -0.1) is 0 Å². The number of aromatic nitrogens is 1. The van der Waals surface area contributed by atoms with Gasteiger partial charge in [0.05, 0.1) is 22.0 Å². The smallest absolute Gasteiger partial charge is 0.416 e. The van der Waals surface area contributed by atoms with Gasteiger partial charge in [-0.25, -0.2) is 0 Å². The van der Waals surface area contributed by atoms with Gasteiger partial charge in [0, 0.05) is 50.3 Å². The second-order valence-corrected chi connectivity index (χ2v) is 10.4. The Morgan fingerprint density at radius 1 is 1.15 bits per heavy atom. The summed E-state index contributed by atoms with van der Waals surface area (Å²) in [5.74, 6) is -0.380. The van der Waals surface area contributed by atoms with Gasteiger partial charge < -0.3 is 19.6 Å². The highest BCUT2D eigenvalue weighted by molar-refractivity contribution is 7.17. The van der Waals surface area contributed by atoms with Gasteiger partial charge in [0.2, 0.25) is 11.8 Å². The number of rotatable bonds is 6. The number of hydrogen-bond donors (Lipinski definition) is 1. The predicted octanol–water partition coefficient (Wildman–Crippen LogP) is 3.22. The molecule has 3 aromatic rings. The lowest BCUT2D eigenvalue weighted by molar-refractivity contribution is -0.138. The van der Waals surface area contributed by atoms with Crippen molar-refractivity contribution >= 4 is 45.8 Å². The molecule has 0 saturated carbocycles. The molecule has 1 amide bonds. The number of carbonyl (C=O) groups excluding carboxylic acids is 1. The average Bonchev–Trinajstić information content (AvgIpc) is 3.53. The van der Waals surface area contributed by atoms with Crippen LogP contribution in [0.3, 0.4) is 0 Å². The van der Waals surface area contributed by atoms with E-state index in [1.54, 1.807) is 29.3 Å². The number of ether oxygens (including phenoxy) is 1. The van der Waals surface area contributed by atoms with E-state index >= 15 is 0 Å². The Labute approximate surface area is 230 Å². The van der Waals surface area contributed by atoms with Crippen LogP contribution in [-0.2, 0) is 22.1 Å². The normalized spacial score (nSPS) is 15.8. The number of carbonyl (C=O) groups is 1. The zero-order chi connectivity index (χ0) is 27.7. The van der Waals surface area contributed by atoms with Crippen molar-refractivity contribution in [3.05, 3.63) is 73.6 Å². The van der Waals surface area contributed by atoms with Crippen molar-refractivity contribution in [1.82, 2.24) is 9.88 Å². The minimum absolute atomic E-state index is 0.00386. The summed E-state index contributed by atoms with van der Waals surface area (Å²) in [6, 6.07) is 8.94. The van der Waals surface area contributed by atoms with E-state index in [-0.39, 0.29) is 35.4 Å². The maximum Gasteiger partial charge on any atom is 0.416 e. The molecule has 0 bridgehead atoms. The van der Waals surface area contributed by atoms with Crippen LogP contribution in [0.25, 0.3) is 5.57 Å². The van der Waals surface area contributed by atoms with Crippen LogP contribution < -0.4 is 15.5 Å². The largest absolute Gasteiger partial charge is 0.492 e. The van der Waals surface area contributed by atoms with Crippen LogP contribution in [0, 0.1) is 0 Å². The van der Waals surface area contributed by atoms with Crippen molar-refractivity contribution in [1.29, 1.82) is 0 Å². The van der Waals surface area contributed by atoms with Crippen LogP contribution in [0.15, 0.2) is 46.6 Å². The molecule has 2 aliphatic heterocycles. The summed E-state index contributed by atoms with van der Waals surface area (Å²) in [5.41, 5.74) is 0.367. The molecule has 39 heavy (non-hydrogen) atoms. The molecule has 3 heterocycles. The SMILES string of the molecule is COCC(=O)N1CCN(c2nc(O)c(C(Cc3ccc(Cl)cc3C(F)(F)F)=c3ccc4c(c3)C=NN=4)s2)CC1. The van der Waals surface area contributed by atoms with E-state index in [2.05, 4.69) is 15.2 Å². The number of alkyl halides is 3. The fraction of sp³-hybridized carbons (Fsp3) is 0.308. The van der Waals surface area contributed by atoms with Crippen LogP contribution in [0.1, 0.15) is 21.6 Å². The van der Waals surface area contributed by atoms with Gasteiger partial charge in [-0.2, -0.15) is 28.4 Å². The highest BCUT2D eigenvalue weighted by Gasteiger charge is 2.34. The van der Waals surface area contributed by atoms with E-state index in [4.69, 9.17) is 16.3 Å². The number of thiazole rings is 1. The van der Waals surface area contributed by atoms with Gasteiger partial charge in [-0.05, 0) is 40.6 Å². The fourth-order valence-corrected chi connectivity index (χ4v) is 5.80. The second-order valence-electron chi connectivity index (χ2n) is 9.02. The molecule has 1 saturated heterocycles. The molecule has 2 aliphatic rings. The van der Waals surface area contributed by atoms with Crippen LogP contribution in [0.5, 0.6) is 5.88 Å². The Kier molecular flexibility index (Phi) is 7.61. The third-order valence-corrected chi connectivity index (χ3v) is 7.93. The molecule has 1 N–H and O–H groups in total. The number of methoxy groups -OCH3 is 1. The van der Waals surface area contributed by atoms with E-state index in [1.165, 1.54) is 30.6 Å². The summed E-state index contributed by atoms with van der Waals surface area (Å²) in [7, 11) is 1.46. The van der Waals surface area contributed by atoms with Crippen molar-refractivity contribution in [3.8, 4) is 5.88 Å². The van der Waals surface area contributed by atoms with E-state index in [0.29, 0.717) is 52.3 Å². The third-order valence-electron chi connectivity index (χ3n) is 6.53. The van der Waals surface area contributed by atoms with Crippen LogP contribution in [0.4, 0.5) is 18.3 Å². The summed E-state index contributed by atoms with van der Waals surface area (Å²) in [5, 5.41) is 20.6. The van der Waals surface area contributed by atoms with Crippen molar-refractivity contribution in [2.75, 3.05) is 44.8 Å². The van der Waals surface area contributed by atoms with Crippen LogP contribution in [0.2, 0.25) is 5.02 Å². The molecular formula is C26H23ClF3N5O3S. The number of benzene rings is 2. The first-order chi connectivity index (χ1) is 18.6. The molecule has 0 spiro atoms. The maximum atomic E-state index is 13.9. The highest BCUT2D eigenvalue weighted by atomic mass is 35.5. The number of halogens is 4. The van der Waals surface area contributed by atoms with Gasteiger partial charge in [0.15, 0.2) is 5.13 Å². The molecule has 1 fully saturated rings. The molecule has 13 heteroatoms. The fourth-order valence-electron chi connectivity index (χ4n) is 4.56. The monoisotopic (exact) mass is 577 g/mol. The second kappa shape index (κ2) is 10.9. The number of fused-ring (bicyclic) bond motifs is 1. The van der Waals surface area contributed by atoms with E-state index < -0.39 is 11.7 Å². The summed E-state index contributed by atoms with van der Waals surface area (Å²) in [6.45, 7) is 1.90. The molecule has 1 aromatic heterocycles. The minimum atomic E-state index is -4.62. The Balaban J connectivity index is 1.54. The molecule has 2 aromatic carbocycles. The first-order valence-electron chi connectivity index (χ1n) is 12.0. The molecule has 0 atom stereocenters. The summed E-state index contributed by atoms with van der Waals surface area (Å²) < 4.78 is 46.7. The van der Waals surface area contributed by atoms with Crippen molar-refractivity contribution in [2.24, 2.45) is 10.2 Å².